The summed E-state index contributed by atoms with van der Waals surface area (Å²) in [5, 5.41) is 12.6. The van der Waals surface area contributed by atoms with Crippen LogP contribution < -0.4 is 4.72 Å². The van der Waals surface area contributed by atoms with Gasteiger partial charge in [0.25, 0.3) is 10.0 Å². The van der Waals surface area contributed by atoms with E-state index in [1.54, 1.807) is 10.9 Å². The number of aryl methyl sites for hydroxylation is 1. The van der Waals surface area contributed by atoms with Gasteiger partial charge in [-0.25, -0.2) is 13.1 Å². The number of rotatable bonds is 7. The van der Waals surface area contributed by atoms with E-state index in [0.29, 0.717) is 13.0 Å². The van der Waals surface area contributed by atoms with Crippen molar-refractivity contribution in [3.63, 3.8) is 0 Å². The molecule has 0 saturated heterocycles. The number of furan rings is 1. The molecule has 0 atom stereocenters. The molecule has 0 fully saturated rings. The zero-order valence-electron chi connectivity index (χ0n) is 10.2. The van der Waals surface area contributed by atoms with Crippen molar-refractivity contribution in [2.75, 3.05) is 6.54 Å². The van der Waals surface area contributed by atoms with Gasteiger partial charge in [0.1, 0.15) is 12.4 Å². The summed E-state index contributed by atoms with van der Waals surface area (Å²) in [6.07, 6.45) is 4.10. The van der Waals surface area contributed by atoms with E-state index >= 15 is 0 Å². The molecule has 19 heavy (non-hydrogen) atoms. The monoisotopic (exact) mass is 285 g/mol. The zero-order valence-corrected chi connectivity index (χ0v) is 11.0. The second-order valence-electron chi connectivity index (χ2n) is 3.90. The van der Waals surface area contributed by atoms with E-state index in [4.69, 9.17) is 9.52 Å². The third kappa shape index (κ3) is 3.66. The number of aliphatic hydroxyl groups is 1. The molecule has 0 spiro atoms. The summed E-state index contributed by atoms with van der Waals surface area (Å²) < 4.78 is 32.8. The van der Waals surface area contributed by atoms with Crippen molar-refractivity contribution in [3.8, 4) is 0 Å². The fourth-order valence-corrected chi connectivity index (χ4v) is 2.56. The second-order valence-corrected chi connectivity index (χ2v) is 5.60. The van der Waals surface area contributed by atoms with Crippen LogP contribution in [-0.2, 0) is 23.2 Å². The molecule has 2 N–H and O–H groups in total. The molecule has 0 amide bonds. The van der Waals surface area contributed by atoms with Gasteiger partial charge >= 0.3 is 0 Å². The molecule has 2 aromatic heterocycles. The van der Waals surface area contributed by atoms with Gasteiger partial charge in [-0.05, 0) is 24.6 Å². The predicted octanol–water partition coefficient (Wildman–Crippen LogP) is 0.337. The first-order valence-corrected chi connectivity index (χ1v) is 7.27. The number of hydrogen-bond acceptors (Lipinski definition) is 5. The van der Waals surface area contributed by atoms with Gasteiger partial charge in [-0.3, -0.25) is 4.68 Å². The highest BCUT2D eigenvalue weighted by molar-refractivity contribution is 7.89. The van der Waals surface area contributed by atoms with Gasteiger partial charge in [0.05, 0.1) is 0 Å². The van der Waals surface area contributed by atoms with Crippen LogP contribution in [0.4, 0.5) is 0 Å². The van der Waals surface area contributed by atoms with Crippen molar-refractivity contribution >= 4 is 10.0 Å². The summed E-state index contributed by atoms with van der Waals surface area (Å²) in [4.78, 5) is 0. The van der Waals surface area contributed by atoms with Gasteiger partial charge in [-0.15, -0.1) is 0 Å². The number of nitrogens with zero attached hydrogens (tertiary/aromatic N) is 2. The lowest BCUT2D eigenvalue weighted by Gasteiger charge is -2.04. The third-order valence-corrected chi connectivity index (χ3v) is 3.81. The summed E-state index contributed by atoms with van der Waals surface area (Å²) in [5.74, 6) is 0.219. The molecule has 0 bridgehead atoms. The molecule has 7 nitrogen and oxygen atoms in total. The van der Waals surface area contributed by atoms with Crippen LogP contribution in [-0.4, -0.2) is 29.8 Å². The molecule has 0 saturated carbocycles. The van der Waals surface area contributed by atoms with Crippen molar-refractivity contribution in [2.24, 2.45) is 0 Å². The topological polar surface area (TPSA) is 97.4 Å². The van der Waals surface area contributed by atoms with Gasteiger partial charge in [0.2, 0.25) is 5.09 Å². The van der Waals surface area contributed by atoms with E-state index in [9.17, 15) is 8.42 Å². The summed E-state index contributed by atoms with van der Waals surface area (Å²) in [6.45, 7) is 0.599. The molecule has 0 unspecified atom stereocenters. The second kappa shape index (κ2) is 6.00. The molecule has 104 valence electrons. The Bertz CT molecular complexity index is 604. The van der Waals surface area contributed by atoms with E-state index in [0.717, 1.165) is 0 Å². The Hall–Kier alpha value is -1.64. The molecule has 0 radical (unpaired) electrons. The van der Waals surface area contributed by atoms with Crippen LogP contribution in [0.3, 0.4) is 0 Å². The molecule has 0 aromatic carbocycles. The van der Waals surface area contributed by atoms with Crippen molar-refractivity contribution in [1.82, 2.24) is 14.5 Å². The SMILES string of the molecule is O=S(=O)(NCCCn1cccn1)c1ccc(CO)o1. The Labute approximate surface area is 110 Å². The van der Waals surface area contributed by atoms with Gasteiger partial charge in [0, 0.05) is 25.5 Å². The Morgan fingerprint density at radius 2 is 2.26 bits per heavy atom. The van der Waals surface area contributed by atoms with E-state index in [1.165, 1.54) is 12.1 Å². The van der Waals surface area contributed by atoms with E-state index in [-0.39, 0.29) is 24.0 Å². The zero-order chi connectivity index (χ0) is 13.7. The van der Waals surface area contributed by atoms with Gasteiger partial charge < -0.3 is 9.52 Å². The summed E-state index contributed by atoms with van der Waals surface area (Å²) in [6, 6.07) is 4.56. The number of aliphatic hydroxyl groups excluding tert-OH is 1. The molecule has 2 rings (SSSR count). The quantitative estimate of drug-likeness (QED) is 0.715. The van der Waals surface area contributed by atoms with Crippen LogP contribution in [0.25, 0.3) is 0 Å². The molecule has 0 aliphatic rings. The van der Waals surface area contributed by atoms with Gasteiger partial charge in [0.15, 0.2) is 0 Å². The lowest BCUT2D eigenvalue weighted by atomic mass is 10.4. The van der Waals surface area contributed by atoms with Gasteiger partial charge in [-0.2, -0.15) is 5.10 Å². The highest BCUT2D eigenvalue weighted by Gasteiger charge is 2.17. The molecular formula is C11H15N3O4S. The molecule has 8 heteroatoms. The molecule has 2 aromatic rings. The van der Waals surface area contributed by atoms with Crippen LogP contribution in [0.1, 0.15) is 12.2 Å². The fourth-order valence-electron chi connectivity index (χ4n) is 1.54. The van der Waals surface area contributed by atoms with Crippen LogP contribution in [0.2, 0.25) is 0 Å². The molecule has 0 aliphatic carbocycles. The van der Waals surface area contributed by atoms with E-state index in [2.05, 4.69) is 9.82 Å². The number of nitrogens with one attached hydrogen (secondary N) is 1. The first kappa shape index (κ1) is 13.8. The Balaban J connectivity index is 1.84. The molecule has 0 aliphatic heterocycles. The van der Waals surface area contributed by atoms with E-state index in [1.807, 2.05) is 12.3 Å². The number of hydrogen-bond donors (Lipinski definition) is 2. The van der Waals surface area contributed by atoms with E-state index < -0.39 is 10.0 Å². The first-order chi connectivity index (χ1) is 9.12. The van der Waals surface area contributed by atoms with Crippen LogP contribution >= 0.6 is 0 Å². The maximum atomic E-state index is 11.8. The first-order valence-electron chi connectivity index (χ1n) is 5.78. The van der Waals surface area contributed by atoms with Crippen molar-refractivity contribution in [3.05, 3.63) is 36.4 Å². The number of aromatic nitrogens is 2. The highest BCUT2D eigenvalue weighted by atomic mass is 32.2. The number of sulfonamides is 1. The predicted molar refractivity (Wildman–Crippen MR) is 66.7 cm³/mol. The van der Waals surface area contributed by atoms with Crippen molar-refractivity contribution in [2.45, 2.75) is 24.7 Å². The van der Waals surface area contributed by atoms with Gasteiger partial charge in [-0.1, -0.05) is 0 Å². The maximum Gasteiger partial charge on any atom is 0.273 e. The van der Waals surface area contributed by atoms with Crippen molar-refractivity contribution < 1.29 is 17.9 Å². The summed E-state index contributed by atoms with van der Waals surface area (Å²) >= 11 is 0. The average molecular weight is 285 g/mol. The minimum absolute atomic E-state index is 0.185. The maximum absolute atomic E-state index is 11.8. The smallest absolute Gasteiger partial charge is 0.273 e. The fraction of sp³-hybridized carbons (Fsp3) is 0.364. The lowest BCUT2D eigenvalue weighted by molar-refractivity contribution is 0.236. The molecular weight excluding hydrogens is 270 g/mol. The minimum atomic E-state index is -3.65. The van der Waals surface area contributed by atoms with Crippen LogP contribution in [0.5, 0.6) is 0 Å². The Morgan fingerprint density at radius 3 is 2.89 bits per heavy atom. The summed E-state index contributed by atoms with van der Waals surface area (Å²) in [5.41, 5.74) is 0. The molecule has 2 heterocycles. The third-order valence-electron chi connectivity index (χ3n) is 2.47. The average Bonchev–Trinajstić information content (AvgIpc) is 3.05. The van der Waals surface area contributed by atoms with Crippen LogP contribution in [0.15, 0.2) is 40.1 Å². The standard InChI is InChI=1S/C11H15N3O4S/c15-9-10-3-4-11(18-10)19(16,17)13-6-2-8-14-7-1-5-12-14/h1,3-5,7,13,15H,2,6,8-9H2. The summed E-state index contributed by atoms with van der Waals surface area (Å²) in [7, 11) is -3.65. The normalized spacial score (nSPS) is 11.8. The Kier molecular flexibility index (Phi) is 4.35. The van der Waals surface area contributed by atoms with Crippen LogP contribution in [0, 0.1) is 0 Å². The highest BCUT2D eigenvalue weighted by Crippen LogP contribution is 2.13. The lowest BCUT2D eigenvalue weighted by Crippen LogP contribution is -2.25. The minimum Gasteiger partial charge on any atom is -0.446 e. The van der Waals surface area contributed by atoms with Crippen molar-refractivity contribution in [1.29, 1.82) is 0 Å². The Morgan fingerprint density at radius 1 is 1.42 bits per heavy atom. The largest absolute Gasteiger partial charge is 0.446 e.